The van der Waals surface area contributed by atoms with E-state index in [0.717, 1.165) is 18.9 Å². The van der Waals surface area contributed by atoms with Gasteiger partial charge >= 0.3 is 0 Å². The predicted octanol–water partition coefficient (Wildman–Crippen LogP) is -1.05. The fourth-order valence-electron chi connectivity index (χ4n) is 2.89. The first-order valence-corrected chi connectivity index (χ1v) is 9.09. The maximum atomic E-state index is 12.2. The minimum absolute atomic E-state index is 0.148. The van der Waals surface area contributed by atoms with Gasteiger partial charge in [-0.3, -0.25) is 9.69 Å². The number of sulfonamides is 1. The van der Waals surface area contributed by atoms with E-state index in [0.29, 0.717) is 25.6 Å². The lowest BCUT2D eigenvalue weighted by molar-refractivity contribution is -0.117. The molecule has 3 rings (SSSR count). The average molecular weight is 341 g/mol. The van der Waals surface area contributed by atoms with E-state index in [1.165, 1.54) is 11.2 Å². The smallest absolute Gasteiger partial charge is 0.228 e. The third-order valence-corrected chi connectivity index (χ3v) is 4.86. The predicted molar refractivity (Wildman–Crippen MR) is 83.5 cm³/mol. The van der Waals surface area contributed by atoms with Crippen LogP contribution in [0, 0.1) is 5.92 Å². The molecule has 2 aliphatic heterocycles. The summed E-state index contributed by atoms with van der Waals surface area (Å²) in [6.07, 6.45) is 1.58. The molecule has 2 aliphatic rings. The van der Waals surface area contributed by atoms with Crippen LogP contribution in [0.25, 0.3) is 0 Å². The first-order valence-electron chi connectivity index (χ1n) is 7.38. The summed E-state index contributed by atoms with van der Waals surface area (Å²) in [7, 11) is -3.60. The lowest BCUT2D eigenvalue weighted by Crippen LogP contribution is -2.37. The van der Waals surface area contributed by atoms with Crippen LogP contribution in [0.15, 0.2) is 12.4 Å². The second kappa shape index (κ2) is 6.38. The van der Waals surface area contributed by atoms with E-state index in [1.807, 2.05) is 0 Å². The largest absolute Gasteiger partial charge is 0.378 e. The van der Waals surface area contributed by atoms with Crippen molar-refractivity contribution in [2.24, 2.45) is 11.1 Å². The van der Waals surface area contributed by atoms with Crippen molar-refractivity contribution in [1.82, 2.24) is 9.97 Å². The third-order valence-electron chi connectivity index (χ3n) is 3.92. The van der Waals surface area contributed by atoms with E-state index < -0.39 is 10.0 Å². The first-order chi connectivity index (χ1) is 10.9. The van der Waals surface area contributed by atoms with E-state index in [2.05, 4.69) is 14.9 Å². The van der Waals surface area contributed by atoms with Gasteiger partial charge in [-0.05, 0) is 0 Å². The highest BCUT2D eigenvalue weighted by atomic mass is 32.2. The fourth-order valence-corrected chi connectivity index (χ4v) is 3.77. The van der Waals surface area contributed by atoms with Crippen LogP contribution in [-0.2, 0) is 19.6 Å². The number of ether oxygens (including phenoxy) is 1. The van der Waals surface area contributed by atoms with Gasteiger partial charge in [0, 0.05) is 38.0 Å². The molecular formula is C13H19N5O4S. The lowest BCUT2D eigenvalue weighted by atomic mass is 10.1. The summed E-state index contributed by atoms with van der Waals surface area (Å²) in [6, 6.07) is 1.75. The van der Waals surface area contributed by atoms with Crippen molar-refractivity contribution in [3.63, 3.8) is 0 Å². The monoisotopic (exact) mass is 341 g/mol. The number of nitrogens with two attached hydrogens (primary N) is 1. The number of aromatic nitrogens is 2. The standard InChI is InChI=1S/C13H19N5O4S/c14-23(20,21)8-10-5-13(19)18(7-10)12-6-11(15-9-16-12)17-1-3-22-4-2-17/h6,9-10H,1-5,7-8H2,(H2,14,20,21). The van der Waals surface area contributed by atoms with E-state index in [4.69, 9.17) is 9.88 Å². The van der Waals surface area contributed by atoms with Crippen molar-refractivity contribution in [1.29, 1.82) is 0 Å². The summed E-state index contributed by atoms with van der Waals surface area (Å²) in [5.41, 5.74) is 0. The molecule has 2 fully saturated rings. The zero-order chi connectivity index (χ0) is 16.4. The van der Waals surface area contributed by atoms with Crippen LogP contribution in [-0.4, -0.2) is 62.9 Å². The molecule has 1 atom stereocenters. The molecule has 1 amide bonds. The van der Waals surface area contributed by atoms with Crippen molar-refractivity contribution in [3.8, 4) is 0 Å². The molecule has 2 saturated heterocycles. The second-order valence-corrected chi connectivity index (χ2v) is 7.40. The Hall–Kier alpha value is -1.78. The van der Waals surface area contributed by atoms with Gasteiger partial charge in [-0.15, -0.1) is 0 Å². The molecule has 0 radical (unpaired) electrons. The summed E-state index contributed by atoms with van der Waals surface area (Å²) < 4.78 is 27.7. The average Bonchev–Trinajstić information content (AvgIpc) is 2.87. The van der Waals surface area contributed by atoms with Gasteiger partial charge in [0.25, 0.3) is 0 Å². The third kappa shape index (κ3) is 3.95. The van der Waals surface area contributed by atoms with Crippen LogP contribution in [0.4, 0.5) is 11.6 Å². The molecule has 0 aliphatic carbocycles. The van der Waals surface area contributed by atoms with Crippen LogP contribution in [0.1, 0.15) is 6.42 Å². The van der Waals surface area contributed by atoms with Gasteiger partial charge in [0.2, 0.25) is 15.9 Å². The molecular weight excluding hydrogens is 322 g/mol. The zero-order valence-corrected chi connectivity index (χ0v) is 13.4. The quantitative estimate of drug-likeness (QED) is 0.742. The molecule has 23 heavy (non-hydrogen) atoms. The van der Waals surface area contributed by atoms with Crippen LogP contribution >= 0.6 is 0 Å². The van der Waals surface area contributed by atoms with Crippen LogP contribution in [0.5, 0.6) is 0 Å². The van der Waals surface area contributed by atoms with Crippen molar-refractivity contribution in [3.05, 3.63) is 12.4 Å². The summed E-state index contributed by atoms with van der Waals surface area (Å²) in [5, 5.41) is 5.06. The lowest BCUT2D eigenvalue weighted by Gasteiger charge is -2.28. The van der Waals surface area contributed by atoms with E-state index >= 15 is 0 Å². The molecule has 1 aromatic heterocycles. The van der Waals surface area contributed by atoms with Gasteiger partial charge in [0.15, 0.2) is 0 Å². The van der Waals surface area contributed by atoms with Crippen LogP contribution < -0.4 is 14.9 Å². The number of rotatable bonds is 4. The summed E-state index contributed by atoms with van der Waals surface area (Å²) in [6.45, 7) is 3.04. The molecule has 2 N–H and O–H groups in total. The van der Waals surface area contributed by atoms with Gasteiger partial charge in [-0.2, -0.15) is 0 Å². The fraction of sp³-hybridized carbons (Fsp3) is 0.615. The summed E-state index contributed by atoms with van der Waals surface area (Å²) in [4.78, 5) is 24.1. The number of hydrogen-bond acceptors (Lipinski definition) is 7. The number of carbonyl (C=O) groups is 1. The van der Waals surface area contributed by atoms with Crippen molar-refractivity contribution in [2.45, 2.75) is 6.42 Å². The molecule has 0 aromatic carbocycles. The van der Waals surface area contributed by atoms with E-state index in [-0.39, 0.29) is 24.0 Å². The maximum Gasteiger partial charge on any atom is 0.228 e. The highest BCUT2D eigenvalue weighted by Gasteiger charge is 2.33. The van der Waals surface area contributed by atoms with Crippen molar-refractivity contribution < 1.29 is 17.9 Å². The van der Waals surface area contributed by atoms with Crippen molar-refractivity contribution >= 4 is 27.6 Å². The van der Waals surface area contributed by atoms with Crippen LogP contribution in [0.2, 0.25) is 0 Å². The molecule has 1 aromatic rings. The Morgan fingerprint density at radius 2 is 1.96 bits per heavy atom. The molecule has 0 spiro atoms. The maximum absolute atomic E-state index is 12.2. The molecule has 10 heteroatoms. The Bertz CT molecular complexity index is 689. The number of primary sulfonamides is 1. The van der Waals surface area contributed by atoms with E-state index in [9.17, 15) is 13.2 Å². The van der Waals surface area contributed by atoms with Gasteiger partial charge in [-0.25, -0.2) is 23.5 Å². The summed E-state index contributed by atoms with van der Waals surface area (Å²) >= 11 is 0. The number of nitrogens with zero attached hydrogens (tertiary/aromatic N) is 4. The molecule has 3 heterocycles. The normalized spacial score (nSPS) is 22.7. The minimum Gasteiger partial charge on any atom is -0.378 e. The molecule has 126 valence electrons. The first kappa shape index (κ1) is 16.1. The minimum atomic E-state index is -3.60. The second-order valence-electron chi connectivity index (χ2n) is 5.74. The number of amides is 1. The number of carbonyl (C=O) groups excluding carboxylic acids is 1. The van der Waals surface area contributed by atoms with Gasteiger partial charge in [0.05, 0.1) is 19.0 Å². The Labute approximate surface area is 134 Å². The molecule has 1 unspecified atom stereocenters. The van der Waals surface area contributed by atoms with Crippen molar-refractivity contribution in [2.75, 3.05) is 48.4 Å². The Morgan fingerprint density at radius 3 is 2.65 bits per heavy atom. The van der Waals surface area contributed by atoms with Crippen LogP contribution in [0.3, 0.4) is 0 Å². The summed E-state index contributed by atoms with van der Waals surface area (Å²) in [5.74, 6) is 0.574. The van der Waals surface area contributed by atoms with E-state index in [1.54, 1.807) is 6.07 Å². The SMILES string of the molecule is NS(=O)(=O)CC1CC(=O)N(c2cc(N3CCOCC3)ncn2)C1. The highest BCUT2D eigenvalue weighted by Crippen LogP contribution is 2.26. The molecule has 0 saturated carbocycles. The Kier molecular flexibility index (Phi) is 4.46. The Balaban J connectivity index is 1.75. The number of hydrogen-bond donors (Lipinski definition) is 1. The van der Waals surface area contributed by atoms with Gasteiger partial charge in [-0.1, -0.05) is 0 Å². The van der Waals surface area contributed by atoms with Gasteiger partial charge < -0.3 is 9.64 Å². The number of anilines is 2. The number of morpholine rings is 1. The molecule has 0 bridgehead atoms. The van der Waals surface area contributed by atoms with Gasteiger partial charge in [0.1, 0.15) is 18.0 Å². The highest BCUT2D eigenvalue weighted by molar-refractivity contribution is 7.89. The topological polar surface area (TPSA) is 119 Å². The zero-order valence-electron chi connectivity index (χ0n) is 12.6. The Morgan fingerprint density at radius 1 is 1.26 bits per heavy atom. The molecule has 9 nitrogen and oxygen atoms in total.